The molecule has 1 aromatic carbocycles. The van der Waals surface area contributed by atoms with Gasteiger partial charge in [0.25, 0.3) is 0 Å². The summed E-state index contributed by atoms with van der Waals surface area (Å²) < 4.78 is 0. The van der Waals surface area contributed by atoms with Crippen LogP contribution >= 0.6 is 0 Å². The lowest BCUT2D eigenvalue weighted by atomic mass is 10.2. The van der Waals surface area contributed by atoms with E-state index >= 15 is 0 Å². The highest BCUT2D eigenvalue weighted by molar-refractivity contribution is 5.93. The molecule has 0 atom stereocenters. The fraction of sp³-hybridized carbons (Fsp3) is 0.167. The topological polar surface area (TPSA) is 19.0 Å². The van der Waals surface area contributed by atoms with Crippen LogP contribution in [-0.4, -0.2) is 11.5 Å². The van der Waals surface area contributed by atoms with Crippen molar-refractivity contribution in [3.63, 3.8) is 0 Å². The molecule has 0 radical (unpaired) electrons. The zero-order chi connectivity index (χ0) is 9.38. The van der Waals surface area contributed by atoms with Crippen molar-refractivity contribution in [1.29, 1.82) is 0 Å². The molecule has 1 aromatic heterocycles. The summed E-state index contributed by atoms with van der Waals surface area (Å²) in [6.45, 7) is 1.09. The molecule has 0 aliphatic carbocycles. The summed E-state index contributed by atoms with van der Waals surface area (Å²) in [6, 6.07) is 8.45. The van der Waals surface area contributed by atoms with Gasteiger partial charge in [0.1, 0.15) is 5.82 Å². The molecular formula is C12H12N2. The first kappa shape index (κ1) is 7.68. The number of anilines is 1. The number of hydrogen-bond acceptors (Lipinski definition) is 1. The first-order chi connectivity index (χ1) is 6.95. The summed E-state index contributed by atoms with van der Waals surface area (Å²) >= 11 is 0. The Balaban J connectivity index is 2.16. The van der Waals surface area contributed by atoms with Crippen molar-refractivity contribution in [2.75, 3.05) is 11.4 Å². The van der Waals surface area contributed by atoms with Crippen LogP contribution in [0.5, 0.6) is 0 Å². The van der Waals surface area contributed by atoms with Crippen LogP contribution in [0, 0.1) is 0 Å². The summed E-state index contributed by atoms with van der Waals surface area (Å²) in [7, 11) is 0. The standard InChI is InChI=1S/C12H12N2/c1-2-6-11-10(5-1)9-13-12(11)14-7-3-4-8-14/h1-3,5-7,9,13H,4,8H2. The number of hydrogen-bond donors (Lipinski definition) is 1. The minimum absolute atomic E-state index is 1.09. The average molecular weight is 184 g/mol. The van der Waals surface area contributed by atoms with Crippen molar-refractivity contribution < 1.29 is 0 Å². The van der Waals surface area contributed by atoms with Crippen LogP contribution < -0.4 is 4.90 Å². The van der Waals surface area contributed by atoms with Gasteiger partial charge in [-0.2, -0.15) is 0 Å². The van der Waals surface area contributed by atoms with Gasteiger partial charge in [0.05, 0.1) is 0 Å². The van der Waals surface area contributed by atoms with Crippen molar-refractivity contribution in [1.82, 2.24) is 4.98 Å². The van der Waals surface area contributed by atoms with Gasteiger partial charge >= 0.3 is 0 Å². The average Bonchev–Trinajstić information content (AvgIpc) is 2.85. The third-order valence-electron chi connectivity index (χ3n) is 2.69. The van der Waals surface area contributed by atoms with Gasteiger partial charge in [-0.15, -0.1) is 0 Å². The van der Waals surface area contributed by atoms with Crippen LogP contribution in [0.2, 0.25) is 0 Å². The molecule has 0 unspecified atom stereocenters. The fourth-order valence-electron chi connectivity index (χ4n) is 1.98. The number of nitrogens with zero attached hydrogens (tertiary/aromatic N) is 1. The first-order valence-corrected chi connectivity index (χ1v) is 4.94. The Kier molecular flexibility index (Phi) is 1.60. The summed E-state index contributed by atoms with van der Waals surface area (Å²) in [5, 5.41) is 2.59. The Morgan fingerprint density at radius 3 is 3.00 bits per heavy atom. The molecule has 1 N–H and O–H groups in total. The van der Waals surface area contributed by atoms with Gasteiger partial charge in [0.2, 0.25) is 0 Å². The van der Waals surface area contributed by atoms with Gasteiger partial charge in [0, 0.05) is 29.7 Å². The van der Waals surface area contributed by atoms with Gasteiger partial charge in [-0.25, -0.2) is 0 Å². The minimum atomic E-state index is 1.09. The van der Waals surface area contributed by atoms with Gasteiger partial charge < -0.3 is 9.88 Å². The van der Waals surface area contributed by atoms with Gasteiger partial charge in [-0.05, 0) is 6.42 Å². The molecule has 0 saturated heterocycles. The third-order valence-corrected chi connectivity index (χ3v) is 2.69. The van der Waals surface area contributed by atoms with Crippen molar-refractivity contribution in [3.8, 4) is 0 Å². The van der Waals surface area contributed by atoms with Crippen molar-refractivity contribution in [2.24, 2.45) is 0 Å². The van der Waals surface area contributed by atoms with E-state index in [1.807, 2.05) is 0 Å². The maximum atomic E-state index is 3.33. The van der Waals surface area contributed by atoms with Crippen LogP contribution in [0.3, 0.4) is 0 Å². The molecule has 70 valence electrons. The third kappa shape index (κ3) is 1.04. The lowest BCUT2D eigenvalue weighted by Crippen LogP contribution is -2.12. The normalized spacial score (nSPS) is 15.6. The predicted octanol–water partition coefficient (Wildman–Crippen LogP) is 2.89. The maximum absolute atomic E-state index is 3.33. The predicted molar refractivity (Wildman–Crippen MR) is 59.4 cm³/mol. The largest absolute Gasteiger partial charge is 0.347 e. The first-order valence-electron chi connectivity index (χ1n) is 4.94. The Morgan fingerprint density at radius 1 is 1.21 bits per heavy atom. The fourth-order valence-corrected chi connectivity index (χ4v) is 1.98. The van der Waals surface area contributed by atoms with E-state index in [1.165, 1.54) is 16.6 Å². The van der Waals surface area contributed by atoms with Crippen LogP contribution in [0.15, 0.2) is 42.7 Å². The second-order valence-corrected chi connectivity index (χ2v) is 3.59. The molecule has 2 heteroatoms. The number of rotatable bonds is 1. The minimum Gasteiger partial charge on any atom is -0.347 e. The molecule has 0 fully saturated rings. The molecular weight excluding hydrogens is 172 g/mol. The molecule has 1 aliphatic rings. The molecule has 0 amide bonds. The lowest BCUT2D eigenvalue weighted by Gasteiger charge is -2.13. The van der Waals surface area contributed by atoms with E-state index in [-0.39, 0.29) is 0 Å². The van der Waals surface area contributed by atoms with Crippen LogP contribution in [-0.2, 0) is 0 Å². The number of benzene rings is 1. The van der Waals surface area contributed by atoms with Crippen molar-refractivity contribution in [3.05, 3.63) is 42.7 Å². The molecule has 0 saturated carbocycles. The van der Waals surface area contributed by atoms with Gasteiger partial charge in [-0.3, -0.25) is 0 Å². The Hall–Kier alpha value is -1.70. The van der Waals surface area contributed by atoms with E-state index in [0.29, 0.717) is 0 Å². The molecule has 1 aliphatic heterocycles. The van der Waals surface area contributed by atoms with E-state index < -0.39 is 0 Å². The van der Waals surface area contributed by atoms with E-state index in [4.69, 9.17) is 0 Å². The Morgan fingerprint density at radius 2 is 2.14 bits per heavy atom. The molecule has 0 spiro atoms. The highest BCUT2D eigenvalue weighted by Gasteiger charge is 2.11. The van der Waals surface area contributed by atoms with Crippen LogP contribution in [0.1, 0.15) is 6.42 Å². The zero-order valence-corrected chi connectivity index (χ0v) is 7.90. The molecule has 0 bridgehead atoms. The smallest absolute Gasteiger partial charge is 0.117 e. The Bertz CT molecular complexity index is 482. The summed E-state index contributed by atoms with van der Waals surface area (Å²) in [5.41, 5.74) is 0. The van der Waals surface area contributed by atoms with Gasteiger partial charge in [-0.1, -0.05) is 30.3 Å². The second-order valence-electron chi connectivity index (χ2n) is 3.59. The zero-order valence-electron chi connectivity index (χ0n) is 7.90. The Labute approximate surface area is 82.8 Å². The van der Waals surface area contributed by atoms with Crippen LogP contribution in [0.25, 0.3) is 10.8 Å². The number of H-pyrrole nitrogens is 1. The van der Waals surface area contributed by atoms with Gasteiger partial charge in [0.15, 0.2) is 0 Å². The number of nitrogens with one attached hydrogen (secondary N) is 1. The number of aromatic nitrogens is 1. The molecule has 2 nitrogen and oxygen atoms in total. The summed E-state index contributed by atoms with van der Waals surface area (Å²) in [6.07, 6.45) is 7.57. The second kappa shape index (κ2) is 2.91. The molecule has 3 rings (SSSR count). The summed E-state index contributed by atoms with van der Waals surface area (Å²) in [4.78, 5) is 5.60. The van der Waals surface area contributed by atoms with E-state index in [9.17, 15) is 0 Å². The van der Waals surface area contributed by atoms with Crippen molar-refractivity contribution >= 4 is 16.6 Å². The van der Waals surface area contributed by atoms with Crippen molar-refractivity contribution in [2.45, 2.75) is 6.42 Å². The maximum Gasteiger partial charge on any atom is 0.117 e. The molecule has 2 heterocycles. The monoisotopic (exact) mass is 184 g/mol. The summed E-state index contributed by atoms with van der Waals surface area (Å²) in [5.74, 6) is 1.22. The van der Waals surface area contributed by atoms with E-state index in [1.54, 1.807) is 0 Å². The highest BCUT2D eigenvalue weighted by atomic mass is 15.2. The number of aromatic amines is 1. The molecule has 2 aromatic rings. The highest BCUT2D eigenvalue weighted by Crippen LogP contribution is 2.27. The number of fused-ring (bicyclic) bond motifs is 1. The molecule has 14 heavy (non-hydrogen) atoms. The van der Waals surface area contributed by atoms with E-state index in [2.05, 4.69) is 52.6 Å². The van der Waals surface area contributed by atoms with Crippen LogP contribution in [0.4, 0.5) is 5.82 Å². The van der Waals surface area contributed by atoms with E-state index in [0.717, 1.165) is 13.0 Å². The SMILES string of the molecule is C1=CN(c2[nH]cc3ccccc23)CC1. The quantitative estimate of drug-likeness (QED) is 0.722. The lowest BCUT2D eigenvalue weighted by molar-refractivity contribution is 0.984.